The first-order valence-corrected chi connectivity index (χ1v) is 10.3. The molecule has 0 spiro atoms. The third-order valence-electron chi connectivity index (χ3n) is 5.74. The van der Waals surface area contributed by atoms with Crippen molar-refractivity contribution in [1.82, 2.24) is 14.8 Å². The number of aromatic nitrogens is 3. The molecular weight excluding hydrogens is 431 g/mol. The Balaban J connectivity index is 1.94. The van der Waals surface area contributed by atoms with Gasteiger partial charge in [-0.1, -0.05) is 13.8 Å². The quantitative estimate of drug-likeness (QED) is 0.333. The fraction of sp³-hybridized carbons (Fsp3) is 0.120. The number of aromatic carboxylic acids is 1. The Labute approximate surface area is 186 Å². The molecule has 3 aromatic carbocycles. The van der Waals surface area contributed by atoms with E-state index in [0.717, 1.165) is 34.2 Å². The molecule has 2 aromatic heterocycles. The third-order valence-corrected chi connectivity index (χ3v) is 5.74. The van der Waals surface area contributed by atoms with E-state index in [2.05, 4.69) is 10.2 Å². The molecule has 5 aromatic rings. The van der Waals surface area contributed by atoms with Crippen LogP contribution in [0.4, 0.5) is 13.2 Å². The number of aromatic amines is 1. The Morgan fingerprint density at radius 2 is 1.70 bits per heavy atom. The average Bonchev–Trinajstić information content (AvgIpc) is 3.33. The number of carboxylic acid groups (broad SMARTS) is 1. The van der Waals surface area contributed by atoms with E-state index >= 15 is 0 Å². The third kappa shape index (κ3) is 3.26. The molecule has 166 valence electrons. The van der Waals surface area contributed by atoms with E-state index in [0.29, 0.717) is 16.6 Å². The summed E-state index contributed by atoms with van der Waals surface area (Å²) in [7, 11) is 0. The molecule has 0 aliphatic carbocycles. The predicted molar refractivity (Wildman–Crippen MR) is 119 cm³/mol. The molecule has 5 rings (SSSR count). The van der Waals surface area contributed by atoms with Crippen molar-refractivity contribution in [3.8, 4) is 16.8 Å². The van der Waals surface area contributed by atoms with Crippen molar-refractivity contribution in [3.05, 3.63) is 83.4 Å². The Kier molecular flexibility index (Phi) is 4.74. The second kappa shape index (κ2) is 7.51. The first-order chi connectivity index (χ1) is 15.8. The largest absolute Gasteiger partial charge is 0.477 e. The zero-order valence-electron chi connectivity index (χ0n) is 17.7. The zero-order valence-corrected chi connectivity index (χ0v) is 17.7. The van der Waals surface area contributed by atoms with Gasteiger partial charge in [-0.05, 0) is 60.0 Å². The summed E-state index contributed by atoms with van der Waals surface area (Å²) >= 11 is 0. The van der Waals surface area contributed by atoms with Crippen molar-refractivity contribution >= 4 is 27.8 Å². The van der Waals surface area contributed by atoms with Gasteiger partial charge in [0.1, 0.15) is 23.0 Å². The standard InChI is InChI=1S/C25H18F3N3O2/c1-12(2)24-22(13-7-18(27)23(25(32)33)19(28)8-13)17-10-20-14(11-29-30-20)9-21(17)31(24)16-5-3-15(26)4-6-16/h3-12H,1-2H3,(H,29,30)(H,32,33). The van der Waals surface area contributed by atoms with E-state index in [-0.39, 0.29) is 17.3 Å². The van der Waals surface area contributed by atoms with Crippen molar-refractivity contribution in [2.24, 2.45) is 0 Å². The van der Waals surface area contributed by atoms with Crippen LogP contribution in [-0.2, 0) is 0 Å². The van der Waals surface area contributed by atoms with Crippen LogP contribution < -0.4 is 0 Å². The number of nitrogens with one attached hydrogen (secondary N) is 1. The molecule has 0 aliphatic heterocycles. The van der Waals surface area contributed by atoms with Crippen LogP contribution in [0.2, 0.25) is 0 Å². The SMILES string of the molecule is CC(C)c1c(-c2cc(F)c(C(=O)O)c(F)c2)c2cc3[nH]ncc3cc2n1-c1ccc(F)cc1. The van der Waals surface area contributed by atoms with E-state index in [4.69, 9.17) is 5.11 Å². The molecule has 0 saturated carbocycles. The lowest BCUT2D eigenvalue weighted by atomic mass is 9.95. The van der Waals surface area contributed by atoms with Crippen LogP contribution in [0.15, 0.2) is 54.7 Å². The number of carbonyl (C=O) groups is 1. The minimum absolute atomic E-state index is 0.0980. The van der Waals surface area contributed by atoms with Gasteiger partial charge in [0.05, 0.1) is 17.2 Å². The van der Waals surface area contributed by atoms with Crippen molar-refractivity contribution in [1.29, 1.82) is 0 Å². The highest BCUT2D eigenvalue weighted by Crippen LogP contribution is 2.42. The molecule has 0 aliphatic rings. The zero-order chi connectivity index (χ0) is 23.4. The highest BCUT2D eigenvalue weighted by atomic mass is 19.1. The molecule has 0 atom stereocenters. The lowest BCUT2D eigenvalue weighted by Crippen LogP contribution is -2.06. The minimum Gasteiger partial charge on any atom is -0.477 e. The van der Waals surface area contributed by atoms with Gasteiger partial charge in [-0.3, -0.25) is 5.10 Å². The summed E-state index contributed by atoms with van der Waals surface area (Å²) in [5.74, 6) is -4.46. The topological polar surface area (TPSA) is 70.9 Å². The van der Waals surface area contributed by atoms with Gasteiger partial charge in [0.25, 0.3) is 0 Å². The maximum atomic E-state index is 14.7. The van der Waals surface area contributed by atoms with Gasteiger partial charge in [0, 0.05) is 27.7 Å². The summed E-state index contributed by atoms with van der Waals surface area (Å²) in [6.45, 7) is 3.90. The maximum Gasteiger partial charge on any atom is 0.341 e. The van der Waals surface area contributed by atoms with Gasteiger partial charge in [-0.2, -0.15) is 5.10 Å². The molecule has 0 bridgehead atoms. The summed E-state index contributed by atoms with van der Waals surface area (Å²) in [6, 6.07) is 11.8. The normalized spacial score (nSPS) is 11.7. The summed E-state index contributed by atoms with van der Waals surface area (Å²) in [6.07, 6.45) is 1.67. The highest BCUT2D eigenvalue weighted by Gasteiger charge is 2.26. The molecule has 0 saturated heterocycles. The monoisotopic (exact) mass is 449 g/mol. The molecule has 5 nitrogen and oxygen atoms in total. The second-order valence-electron chi connectivity index (χ2n) is 8.17. The van der Waals surface area contributed by atoms with E-state index in [1.165, 1.54) is 12.1 Å². The summed E-state index contributed by atoms with van der Waals surface area (Å²) in [5, 5.41) is 17.7. The summed E-state index contributed by atoms with van der Waals surface area (Å²) < 4.78 is 44.9. The number of H-pyrrole nitrogens is 1. The molecule has 0 fully saturated rings. The van der Waals surface area contributed by atoms with Gasteiger partial charge >= 0.3 is 5.97 Å². The second-order valence-corrected chi connectivity index (χ2v) is 8.17. The number of carboxylic acids is 1. The first kappa shape index (κ1) is 20.8. The molecule has 8 heteroatoms. The average molecular weight is 449 g/mol. The van der Waals surface area contributed by atoms with E-state index < -0.39 is 23.2 Å². The van der Waals surface area contributed by atoms with Gasteiger partial charge < -0.3 is 9.67 Å². The van der Waals surface area contributed by atoms with Crippen LogP contribution in [-0.4, -0.2) is 25.8 Å². The lowest BCUT2D eigenvalue weighted by Gasteiger charge is -2.16. The Bertz CT molecular complexity index is 1530. The fourth-order valence-electron chi connectivity index (χ4n) is 4.38. The molecule has 2 heterocycles. The van der Waals surface area contributed by atoms with Crippen LogP contribution in [0.1, 0.15) is 35.8 Å². The molecular formula is C25H18F3N3O2. The first-order valence-electron chi connectivity index (χ1n) is 10.3. The molecule has 2 N–H and O–H groups in total. The summed E-state index contributed by atoms with van der Waals surface area (Å²) in [4.78, 5) is 11.3. The van der Waals surface area contributed by atoms with Gasteiger partial charge in [-0.15, -0.1) is 0 Å². The molecule has 0 radical (unpaired) electrons. The number of halogens is 3. The van der Waals surface area contributed by atoms with Crippen molar-refractivity contribution in [3.63, 3.8) is 0 Å². The number of benzene rings is 3. The Hall–Kier alpha value is -4.07. The number of rotatable bonds is 4. The summed E-state index contributed by atoms with van der Waals surface area (Å²) in [5.41, 5.74) is 2.69. The van der Waals surface area contributed by atoms with Crippen LogP contribution in [0.25, 0.3) is 38.6 Å². The molecule has 0 unspecified atom stereocenters. The predicted octanol–water partition coefficient (Wildman–Crippen LogP) is 6.41. The number of hydrogen-bond acceptors (Lipinski definition) is 2. The van der Waals surface area contributed by atoms with Gasteiger partial charge in [-0.25, -0.2) is 18.0 Å². The number of hydrogen-bond donors (Lipinski definition) is 2. The van der Waals surface area contributed by atoms with E-state index in [9.17, 15) is 18.0 Å². The van der Waals surface area contributed by atoms with Crippen molar-refractivity contribution in [2.45, 2.75) is 19.8 Å². The minimum atomic E-state index is -1.67. The molecule has 33 heavy (non-hydrogen) atoms. The highest BCUT2D eigenvalue weighted by molar-refractivity contribution is 6.06. The van der Waals surface area contributed by atoms with Crippen LogP contribution in [0.5, 0.6) is 0 Å². The van der Waals surface area contributed by atoms with Crippen LogP contribution in [0, 0.1) is 17.5 Å². The Morgan fingerprint density at radius 1 is 1.03 bits per heavy atom. The fourth-order valence-corrected chi connectivity index (χ4v) is 4.38. The number of nitrogens with zero attached hydrogens (tertiary/aromatic N) is 2. The van der Waals surface area contributed by atoms with Crippen LogP contribution in [0.3, 0.4) is 0 Å². The maximum absolute atomic E-state index is 14.7. The Morgan fingerprint density at radius 3 is 2.30 bits per heavy atom. The molecule has 0 amide bonds. The van der Waals surface area contributed by atoms with E-state index in [1.807, 2.05) is 30.5 Å². The van der Waals surface area contributed by atoms with Crippen LogP contribution >= 0.6 is 0 Å². The van der Waals surface area contributed by atoms with Gasteiger partial charge in [0.2, 0.25) is 0 Å². The number of fused-ring (bicyclic) bond motifs is 2. The van der Waals surface area contributed by atoms with Crippen molar-refractivity contribution < 1.29 is 23.1 Å². The van der Waals surface area contributed by atoms with Gasteiger partial charge in [0.15, 0.2) is 0 Å². The van der Waals surface area contributed by atoms with Crippen molar-refractivity contribution in [2.75, 3.05) is 0 Å². The van der Waals surface area contributed by atoms with E-state index in [1.54, 1.807) is 18.3 Å². The smallest absolute Gasteiger partial charge is 0.341 e. The lowest BCUT2D eigenvalue weighted by molar-refractivity contribution is 0.0686.